The van der Waals surface area contributed by atoms with E-state index in [1.807, 2.05) is 0 Å². The van der Waals surface area contributed by atoms with Crippen LogP contribution in [0.2, 0.25) is 0 Å². The summed E-state index contributed by atoms with van der Waals surface area (Å²) in [6.45, 7) is 12.0. The molecule has 0 bridgehead atoms. The second-order valence-electron chi connectivity index (χ2n) is 6.34. The molecule has 4 nitrogen and oxygen atoms in total. The first-order valence-electron chi connectivity index (χ1n) is 7.34. The zero-order valence-electron chi connectivity index (χ0n) is 12.6. The smallest absolute Gasteiger partial charge is 0.205 e. The molecule has 1 aliphatic rings. The van der Waals surface area contributed by atoms with Gasteiger partial charge in [0.05, 0.1) is 0 Å². The van der Waals surface area contributed by atoms with E-state index in [1.165, 1.54) is 12.8 Å². The maximum Gasteiger partial charge on any atom is 0.205 e. The van der Waals surface area contributed by atoms with Gasteiger partial charge in [0.1, 0.15) is 5.82 Å². The fraction of sp³-hybridized carbons (Fsp3) is 0.857. The molecule has 1 unspecified atom stereocenters. The van der Waals surface area contributed by atoms with Crippen LogP contribution >= 0.6 is 11.5 Å². The Bertz CT molecular complexity index is 390. The highest BCUT2D eigenvalue weighted by molar-refractivity contribution is 7.09. The van der Waals surface area contributed by atoms with E-state index in [9.17, 15) is 0 Å². The zero-order valence-corrected chi connectivity index (χ0v) is 13.4. The monoisotopic (exact) mass is 282 g/mol. The molecule has 19 heavy (non-hydrogen) atoms. The number of hydrogen-bond acceptors (Lipinski definition) is 5. The van der Waals surface area contributed by atoms with Crippen LogP contribution in [-0.4, -0.2) is 35.0 Å². The van der Waals surface area contributed by atoms with Gasteiger partial charge in [0.2, 0.25) is 5.13 Å². The Labute approximate surface area is 120 Å². The Morgan fingerprint density at radius 2 is 2.21 bits per heavy atom. The van der Waals surface area contributed by atoms with E-state index in [-0.39, 0.29) is 5.41 Å². The number of nitrogens with zero attached hydrogens (tertiary/aromatic N) is 3. The van der Waals surface area contributed by atoms with E-state index in [2.05, 4.69) is 42.3 Å². The number of nitrogens with one attached hydrogen (secondary N) is 1. The highest BCUT2D eigenvalue weighted by atomic mass is 32.1. The van der Waals surface area contributed by atoms with Gasteiger partial charge in [-0.1, -0.05) is 27.7 Å². The normalized spacial score (nSPS) is 20.5. The van der Waals surface area contributed by atoms with Crippen molar-refractivity contribution in [1.29, 1.82) is 0 Å². The van der Waals surface area contributed by atoms with Crippen LogP contribution in [0.3, 0.4) is 0 Å². The highest BCUT2D eigenvalue weighted by Gasteiger charge is 2.26. The van der Waals surface area contributed by atoms with Crippen molar-refractivity contribution in [2.45, 2.75) is 58.4 Å². The van der Waals surface area contributed by atoms with Gasteiger partial charge in [-0.15, -0.1) is 0 Å². The summed E-state index contributed by atoms with van der Waals surface area (Å²) in [5.74, 6) is 0.970. The third-order valence-corrected chi connectivity index (χ3v) is 4.26. The molecule has 0 spiro atoms. The average molecular weight is 282 g/mol. The lowest BCUT2D eigenvalue weighted by Gasteiger charge is -2.34. The lowest BCUT2D eigenvalue weighted by atomic mass is 9.96. The summed E-state index contributed by atoms with van der Waals surface area (Å²) in [5.41, 5.74) is 0.0391. The SMILES string of the molecule is CCCN(c1nc(C(C)(C)C)ns1)C1CCCNC1. The van der Waals surface area contributed by atoms with Crippen molar-refractivity contribution in [3.8, 4) is 0 Å². The maximum absolute atomic E-state index is 4.78. The summed E-state index contributed by atoms with van der Waals surface area (Å²) >= 11 is 1.56. The van der Waals surface area contributed by atoms with E-state index in [1.54, 1.807) is 11.5 Å². The minimum atomic E-state index is 0.0391. The number of aromatic nitrogens is 2. The summed E-state index contributed by atoms with van der Waals surface area (Å²) in [6, 6.07) is 0.578. The van der Waals surface area contributed by atoms with Crippen molar-refractivity contribution in [2.24, 2.45) is 0 Å². The van der Waals surface area contributed by atoms with Gasteiger partial charge in [0.15, 0.2) is 0 Å². The number of rotatable bonds is 4. The second-order valence-corrected chi connectivity index (χ2v) is 7.07. The van der Waals surface area contributed by atoms with Crippen LogP contribution in [0.1, 0.15) is 52.8 Å². The largest absolute Gasteiger partial charge is 0.343 e. The molecule has 1 aromatic rings. The second kappa shape index (κ2) is 6.18. The third kappa shape index (κ3) is 3.66. The van der Waals surface area contributed by atoms with Crippen molar-refractivity contribution in [3.05, 3.63) is 5.82 Å². The first-order chi connectivity index (χ1) is 9.02. The molecule has 0 aliphatic carbocycles. The van der Waals surface area contributed by atoms with Gasteiger partial charge >= 0.3 is 0 Å². The summed E-state index contributed by atoms with van der Waals surface area (Å²) in [6.07, 6.45) is 3.67. The lowest BCUT2D eigenvalue weighted by molar-refractivity contribution is 0.430. The molecule has 0 saturated carbocycles. The van der Waals surface area contributed by atoms with Crippen molar-refractivity contribution >= 4 is 16.7 Å². The molecule has 1 aliphatic heterocycles. The van der Waals surface area contributed by atoms with Gasteiger partial charge < -0.3 is 10.2 Å². The van der Waals surface area contributed by atoms with Crippen LogP contribution < -0.4 is 10.2 Å². The van der Waals surface area contributed by atoms with E-state index >= 15 is 0 Å². The molecular formula is C14H26N4S. The first kappa shape index (κ1) is 14.7. The molecule has 108 valence electrons. The minimum absolute atomic E-state index is 0.0391. The van der Waals surface area contributed by atoms with E-state index in [4.69, 9.17) is 4.98 Å². The van der Waals surface area contributed by atoms with Crippen molar-refractivity contribution in [1.82, 2.24) is 14.7 Å². The van der Waals surface area contributed by atoms with Crippen molar-refractivity contribution in [2.75, 3.05) is 24.5 Å². The number of anilines is 1. The number of piperidine rings is 1. The van der Waals surface area contributed by atoms with Crippen LogP contribution in [0.5, 0.6) is 0 Å². The Morgan fingerprint density at radius 3 is 2.74 bits per heavy atom. The van der Waals surface area contributed by atoms with Crippen LogP contribution in [0.25, 0.3) is 0 Å². The molecule has 2 heterocycles. The zero-order chi connectivity index (χ0) is 13.9. The quantitative estimate of drug-likeness (QED) is 0.922. The van der Waals surface area contributed by atoms with E-state index in [0.717, 1.165) is 37.0 Å². The molecule has 1 aromatic heterocycles. The molecule has 0 amide bonds. The predicted octanol–water partition coefficient (Wildman–Crippen LogP) is 2.80. The third-order valence-electron chi connectivity index (χ3n) is 3.51. The molecule has 0 radical (unpaired) electrons. The molecule has 1 saturated heterocycles. The molecule has 0 aromatic carbocycles. The molecule has 1 atom stereocenters. The molecule has 5 heteroatoms. The van der Waals surface area contributed by atoms with Gasteiger partial charge in [-0.3, -0.25) is 0 Å². The summed E-state index contributed by atoms with van der Waals surface area (Å²) < 4.78 is 4.55. The van der Waals surface area contributed by atoms with Crippen molar-refractivity contribution < 1.29 is 0 Å². The Morgan fingerprint density at radius 1 is 1.42 bits per heavy atom. The topological polar surface area (TPSA) is 41.1 Å². The van der Waals surface area contributed by atoms with Crippen molar-refractivity contribution in [3.63, 3.8) is 0 Å². The molecule has 2 rings (SSSR count). The fourth-order valence-corrected chi connectivity index (χ4v) is 3.37. The Kier molecular flexibility index (Phi) is 4.79. The van der Waals surface area contributed by atoms with Gasteiger partial charge in [0, 0.05) is 36.1 Å². The van der Waals surface area contributed by atoms with Crippen LogP contribution in [0.15, 0.2) is 0 Å². The van der Waals surface area contributed by atoms with Crippen LogP contribution in [-0.2, 0) is 5.41 Å². The van der Waals surface area contributed by atoms with Crippen LogP contribution in [0.4, 0.5) is 5.13 Å². The molecular weight excluding hydrogens is 256 g/mol. The number of hydrogen-bond donors (Lipinski definition) is 1. The summed E-state index contributed by atoms with van der Waals surface area (Å²) in [4.78, 5) is 7.24. The maximum atomic E-state index is 4.78. The first-order valence-corrected chi connectivity index (χ1v) is 8.11. The molecule has 1 N–H and O–H groups in total. The minimum Gasteiger partial charge on any atom is -0.343 e. The average Bonchev–Trinajstić information content (AvgIpc) is 2.86. The van der Waals surface area contributed by atoms with Gasteiger partial charge in [-0.2, -0.15) is 4.37 Å². The lowest BCUT2D eigenvalue weighted by Crippen LogP contribution is -2.46. The van der Waals surface area contributed by atoms with E-state index in [0.29, 0.717) is 6.04 Å². The predicted molar refractivity (Wildman–Crippen MR) is 82.1 cm³/mol. The summed E-state index contributed by atoms with van der Waals surface area (Å²) in [5, 5.41) is 4.59. The highest BCUT2D eigenvalue weighted by Crippen LogP contribution is 2.27. The van der Waals surface area contributed by atoms with Gasteiger partial charge in [0.25, 0.3) is 0 Å². The summed E-state index contributed by atoms with van der Waals surface area (Å²) in [7, 11) is 0. The Hall–Kier alpha value is -0.680. The molecule has 1 fully saturated rings. The van der Waals surface area contributed by atoms with Gasteiger partial charge in [-0.05, 0) is 25.8 Å². The standard InChI is InChI=1S/C14H26N4S/c1-5-9-18(11-7-6-8-15-10-11)13-16-12(17-19-13)14(2,3)4/h11,15H,5-10H2,1-4H3. The van der Waals surface area contributed by atoms with Crippen LogP contribution in [0, 0.1) is 0 Å². The fourth-order valence-electron chi connectivity index (χ4n) is 2.41. The van der Waals surface area contributed by atoms with E-state index < -0.39 is 0 Å². The van der Waals surface area contributed by atoms with Gasteiger partial charge in [-0.25, -0.2) is 4.98 Å². The Balaban J connectivity index is 2.16.